The summed E-state index contributed by atoms with van der Waals surface area (Å²) in [6.07, 6.45) is 5.72. The molecule has 8 nitrogen and oxygen atoms in total. The van der Waals surface area contributed by atoms with Gasteiger partial charge in [0.2, 0.25) is 11.9 Å². The molecule has 3 aromatic rings. The fraction of sp³-hybridized carbons (Fsp3) is 0.346. The van der Waals surface area contributed by atoms with E-state index in [4.69, 9.17) is 0 Å². The molecular formula is C26H28F2N4O4. The molecule has 1 fully saturated rings. The Morgan fingerprint density at radius 2 is 1.61 bits per heavy atom. The molecule has 0 aliphatic heterocycles. The Balaban J connectivity index is 1.34. The van der Waals surface area contributed by atoms with E-state index in [0.29, 0.717) is 35.6 Å². The second kappa shape index (κ2) is 11.9. The Labute approximate surface area is 207 Å². The molecule has 0 spiro atoms. The van der Waals surface area contributed by atoms with Crippen LogP contribution >= 0.6 is 0 Å². The normalized spacial score (nSPS) is 18.5. The molecule has 1 heterocycles. The molecule has 0 bridgehead atoms. The van der Waals surface area contributed by atoms with Crippen LogP contribution in [0.5, 0.6) is 5.75 Å². The summed E-state index contributed by atoms with van der Waals surface area (Å²) in [6, 6.07) is 13.3. The number of alkyl halides is 2. The molecule has 1 aromatic heterocycles. The molecule has 1 unspecified atom stereocenters. The van der Waals surface area contributed by atoms with Crippen molar-refractivity contribution in [3.8, 4) is 16.9 Å². The van der Waals surface area contributed by atoms with E-state index in [1.165, 1.54) is 12.1 Å². The lowest BCUT2D eigenvalue weighted by molar-refractivity contribution is -0.124. The monoisotopic (exact) mass is 498 g/mol. The first-order chi connectivity index (χ1) is 17.4. The van der Waals surface area contributed by atoms with Gasteiger partial charge >= 0.3 is 6.61 Å². The van der Waals surface area contributed by atoms with Crippen molar-refractivity contribution in [3.05, 3.63) is 66.5 Å². The van der Waals surface area contributed by atoms with Gasteiger partial charge in [0.05, 0.1) is 18.6 Å². The van der Waals surface area contributed by atoms with Crippen LogP contribution in [0.15, 0.2) is 60.9 Å². The van der Waals surface area contributed by atoms with E-state index in [-0.39, 0.29) is 30.4 Å². The van der Waals surface area contributed by atoms with Crippen molar-refractivity contribution in [2.24, 2.45) is 0 Å². The molecule has 1 saturated carbocycles. The summed E-state index contributed by atoms with van der Waals surface area (Å²) in [6.45, 7) is -3.18. The number of rotatable bonds is 9. The van der Waals surface area contributed by atoms with E-state index < -0.39 is 12.5 Å². The van der Waals surface area contributed by atoms with E-state index >= 15 is 0 Å². The molecule has 4 N–H and O–H groups in total. The highest BCUT2D eigenvalue weighted by molar-refractivity contribution is 5.84. The van der Waals surface area contributed by atoms with Crippen LogP contribution in [0.4, 0.5) is 20.4 Å². The number of aromatic nitrogens is 2. The molecule has 0 saturated heterocycles. The summed E-state index contributed by atoms with van der Waals surface area (Å²) < 4.78 is 28.9. The first-order valence-electron chi connectivity index (χ1n) is 11.7. The van der Waals surface area contributed by atoms with Crippen molar-refractivity contribution < 1.29 is 28.5 Å². The number of ether oxygens (including phenoxy) is 1. The van der Waals surface area contributed by atoms with Crippen molar-refractivity contribution in [1.82, 2.24) is 15.3 Å². The topological polar surface area (TPSA) is 117 Å². The van der Waals surface area contributed by atoms with E-state index in [0.717, 1.165) is 18.4 Å². The third-order valence-corrected chi connectivity index (χ3v) is 6.18. The molecular weight excluding hydrogens is 470 g/mol. The minimum atomic E-state index is -2.87. The van der Waals surface area contributed by atoms with Crippen LogP contribution in [0.25, 0.3) is 11.1 Å². The van der Waals surface area contributed by atoms with E-state index in [2.05, 4.69) is 25.3 Å². The van der Waals surface area contributed by atoms with Crippen LogP contribution in [-0.4, -0.2) is 51.5 Å². The van der Waals surface area contributed by atoms with Gasteiger partial charge in [-0.2, -0.15) is 8.78 Å². The fourth-order valence-corrected chi connectivity index (χ4v) is 4.16. The highest BCUT2D eigenvalue weighted by atomic mass is 19.3. The van der Waals surface area contributed by atoms with Crippen LogP contribution in [0.2, 0.25) is 0 Å². The number of hydrogen-bond acceptors (Lipinski definition) is 7. The Morgan fingerprint density at radius 3 is 2.19 bits per heavy atom. The maximum atomic E-state index is 12.7. The lowest BCUT2D eigenvalue weighted by Crippen LogP contribution is -2.41. The van der Waals surface area contributed by atoms with E-state index in [1.807, 2.05) is 0 Å². The van der Waals surface area contributed by atoms with Gasteiger partial charge in [-0.15, -0.1) is 0 Å². The van der Waals surface area contributed by atoms with Crippen molar-refractivity contribution >= 4 is 17.5 Å². The maximum absolute atomic E-state index is 12.7. The third kappa shape index (κ3) is 6.73. The average Bonchev–Trinajstić information content (AvgIpc) is 2.87. The van der Waals surface area contributed by atoms with Crippen LogP contribution in [0.1, 0.15) is 37.2 Å². The number of benzene rings is 2. The Bertz CT molecular complexity index is 1120. The lowest BCUT2D eigenvalue weighted by atomic mass is 9.92. The maximum Gasteiger partial charge on any atom is 0.387 e. The summed E-state index contributed by atoms with van der Waals surface area (Å²) in [5.74, 6) is -0.475. The average molecular weight is 499 g/mol. The molecule has 1 atom stereocenters. The molecule has 2 aromatic carbocycles. The van der Waals surface area contributed by atoms with Crippen molar-refractivity contribution in [2.75, 3.05) is 11.9 Å². The molecule has 36 heavy (non-hydrogen) atoms. The quantitative estimate of drug-likeness (QED) is 0.353. The first kappa shape index (κ1) is 25.5. The Kier molecular flexibility index (Phi) is 8.40. The van der Waals surface area contributed by atoms with Gasteiger partial charge in [-0.1, -0.05) is 24.3 Å². The second-order valence-electron chi connectivity index (χ2n) is 8.69. The van der Waals surface area contributed by atoms with Crippen molar-refractivity contribution in [1.29, 1.82) is 0 Å². The highest BCUT2D eigenvalue weighted by Gasteiger charge is 2.25. The minimum absolute atomic E-state index is 0.0138. The first-order valence-corrected chi connectivity index (χ1v) is 11.7. The summed E-state index contributed by atoms with van der Waals surface area (Å²) in [7, 11) is 0. The van der Waals surface area contributed by atoms with Gasteiger partial charge in [0.15, 0.2) is 0 Å². The SMILES string of the molecule is O=C(NC1CCC(O)CC1)C(CO)c1ccc(Nc2ncc(-c3ccc(OC(F)F)cc3)cn2)cc1. The smallest absolute Gasteiger partial charge is 0.387 e. The van der Waals surface area contributed by atoms with Gasteiger partial charge in [-0.25, -0.2) is 9.97 Å². The zero-order valence-corrected chi connectivity index (χ0v) is 19.5. The number of amides is 1. The molecule has 4 rings (SSSR count). The van der Waals surface area contributed by atoms with Gasteiger partial charge in [-0.05, 0) is 61.1 Å². The summed E-state index contributed by atoms with van der Waals surface area (Å²) in [4.78, 5) is 21.3. The van der Waals surface area contributed by atoms with Gasteiger partial charge in [0.1, 0.15) is 5.75 Å². The predicted molar refractivity (Wildman–Crippen MR) is 130 cm³/mol. The van der Waals surface area contributed by atoms with Crippen LogP contribution in [0.3, 0.4) is 0 Å². The molecule has 1 aliphatic carbocycles. The van der Waals surface area contributed by atoms with Gasteiger partial charge < -0.3 is 25.6 Å². The lowest BCUT2D eigenvalue weighted by Gasteiger charge is -2.27. The van der Waals surface area contributed by atoms with Crippen LogP contribution in [0, 0.1) is 0 Å². The predicted octanol–water partition coefficient (Wildman–Crippen LogP) is 3.98. The number of nitrogens with zero attached hydrogens (tertiary/aromatic N) is 2. The van der Waals surface area contributed by atoms with E-state index in [9.17, 15) is 23.8 Å². The Morgan fingerprint density at radius 1 is 0.972 bits per heavy atom. The van der Waals surface area contributed by atoms with Crippen LogP contribution in [-0.2, 0) is 4.79 Å². The summed E-state index contributed by atoms with van der Waals surface area (Å²) in [5, 5.41) is 25.5. The molecule has 1 amide bonds. The molecule has 10 heteroatoms. The highest BCUT2D eigenvalue weighted by Crippen LogP contribution is 2.25. The number of carbonyl (C=O) groups excluding carboxylic acids is 1. The van der Waals surface area contributed by atoms with Gasteiger partial charge in [0.25, 0.3) is 0 Å². The fourth-order valence-electron chi connectivity index (χ4n) is 4.16. The number of aliphatic hydroxyl groups is 2. The number of hydrogen-bond donors (Lipinski definition) is 4. The number of carbonyl (C=O) groups is 1. The molecule has 0 radical (unpaired) electrons. The van der Waals surface area contributed by atoms with Crippen molar-refractivity contribution in [3.63, 3.8) is 0 Å². The minimum Gasteiger partial charge on any atom is -0.435 e. The Hall–Kier alpha value is -3.63. The van der Waals surface area contributed by atoms with Gasteiger partial charge in [0, 0.05) is 29.7 Å². The number of anilines is 2. The van der Waals surface area contributed by atoms with Crippen molar-refractivity contribution in [2.45, 2.75) is 50.4 Å². The zero-order valence-electron chi connectivity index (χ0n) is 19.5. The van der Waals surface area contributed by atoms with Gasteiger partial charge in [-0.3, -0.25) is 4.79 Å². The summed E-state index contributed by atoms with van der Waals surface area (Å²) in [5.41, 5.74) is 2.86. The zero-order chi connectivity index (χ0) is 25.5. The standard InChI is InChI=1S/C26H28F2N4O4/c27-25(28)36-22-11-3-16(4-12-22)18-13-29-26(30-14-18)32-20-5-1-17(2-6-20)23(15-33)24(35)31-19-7-9-21(34)10-8-19/h1-6,11-14,19,21,23,25,33-34H,7-10,15H2,(H,31,35)(H,29,30,32). The molecule has 190 valence electrons. The van der Waals surface area contributed by atoms with Crippen LogP contribution < -0.4 is 15.4 Å². The second-order valence-corrected chi connectivity index (χ2v) is 8.69. The van der Waals surface area contributed by atoms with E-state index in [1.54, 1.807) is 48.8 Å². The largest absolute Gasteiger partial charge is 0.435 e. The third-order valence-electron chi connectivity index (χ3n) is 6.18. The number of halogens is 2. The number of aliphatic hydroxyl groups excluding tert-OH is 2. The summed E-state index contributed by atoms with van der Waals surface area (Å²) >= 11 is 0. The number of nitrogens with one attached hydrogen (secondary N) is 2. The molecule has 1 aliphatic rings.